The molecule has 3 amide bonds. The van der Waals surface area contributed by atoms with Crippen molar-refractivity contribution in [2.45, 2.75) is 114 Å². The lowest BCUT2D eigenvalue weighted by Gasteiger charge is -2.32. The number of carbonyl (C=O) groups is 4. The van der Waals surface area contributed by atoms with Crippen molar-refractivity contribution >= 4 is 79.5 Å². The van der Waals surface area contributed by atoms with E-state index in [0.717, 1.165) is 49.3 Å². The minimum atomic E-state index is -5.28. The molecule has 20 nitrogen and oxygen atoms in total. The second kappa shape index (κ2) is 23.9. The minimum absolute atomic E-state index is 0.0104. The fourth-order valence-corrected chi connectivity index (χ4v) is 12.7. The van der Waals surface area contributed by atoms with Crippen LogP contribution in [0.5, 0.6) is 5.75 Å². The van der Waals surface area contributed by atoms with E-state index in [1.165, 1.54) is 46.8 Å². The number of fused-ring (bicyclic) bond motifs is 4. The molecule has 6 aromatic rings. The van der Waals surface area contributed by atoms with Gasteiger partial charge in [0.05, 0.1) is 40.3 Å². The summed E-state index contributed by atoms with van der Waals surface area (Å²) >= 11 is 6.83. The molecule has 3 aromatic carbocycles. The van der Waals surface area contributed by atoms with Gasteiger partial charge in [-0.2, -0.15) is 49.6 Å². The van der Waals surface area contributed by atoms with Crippen LogP contribution in [-0.2, 0) is 87.0 Å². The van der Waals surface area contributed by atoms with Crippen molar-refractivity contribution < 1.29 is 99.0 Å². The molecule has 4 N–H and O–H groups in total. The fraction of sp³-hybridized carbons (Fsp3) is 0.411. The number of aromatic nitrogens is 5. The number of alkyl halides is 8. The Kier molecular flexibility index (Phi) is 18.1. The summed E-state index contributed by atoms with van der Waals surface area (Å²) in [5.41, 5.74) is -8.19. The first kappa shape index (κ1) is 68.3. The van der Waals surface area contributed by atoms with Crippen molar-refractivity contribution in [3.8, 4) is 28.7 Å². The average molecular weight is 1350 g/mol. The second-order valence-electron chi connectivity index (χ2n) is 23.0. The number of nitrogens with zero attached hydrogens (tertiary/aromatic N) is 6. The lowest BCUT2D eigenvalue weighted by atomic mass is 9.77. The van der Waals surface area contributed by atoms with E-state index >= 15 is 22.4 Å². The number of amides is 3. The zero-order valence-electron chi connectivity index (χ0n) is 48.5. The van der Waals surface area contributed by atoms with Crippen molar-refractivity contribution in [1.82, 2.24) is 35.2 Å². The molecule has 0 radical (unpaired) electrons. The number of anilines is 1. The van der Waals surface area contributed by atoms with Crippen LogP contribution >= 0.6 is 19.2 Å². The largest absolute Gasteiger partial charge is 0.480 e. The number of aryl methyl sites for hydroxylation is 1. The summed E-state index contributed by atoms with van der Waals surface area (Å²) in [4.78, 5) is 68.8. The van der Waals surface area contributed by atoms with Crippen molar-refractivity contribution in [3.05, 3.63) is 122 Å². The first-order valence-corrected chi connectivity index (χ1v) is 32.8. The van der Waals surface area contributed by atoms with E-state index in [2.05, 4.69) is 37.7 Å². The van der Waals surface area contributed by atoms with E-state index in [1.54, 1.807) is 0 Å². The van der Waals surface area contributed by atoms with Gasteiger partial charge >= 0.3 is 25.9 Å². The zero-order chi connectivity index (χ0) is 67.1. The molecule has 3 heterocycles. The van der Waals surface area contributed by atoms with Crippen LogP contribution in [0.4, 0.5) is 49.7 Å². The monoisotopic (exact) mass is 1350 g/mol. The Bertz CT molecular complexity index is 4310. The number of sulfonamides is 1. The van der Waals surface area contributed by atoms with Gasteiger partial charge in [0.15, 0.2) is 21.3 Å². The minimum Gasteiger partial charge on any atom is -0.480 e. The average Bonchev–Trinajstić information content (AvgIpc) is 1.52. The maximum absolute atomic E-state index is 15.8. The van der Waals surface area contributed by atoms with E-state index in [9.17, 15) is 72.1 Å². The maximum atomic E-state index is 15.8. The number of halogens is 11. The first-order chi connectivity index (χ1) is 41.2. The summed E-state index contributed by atoms with van der Waals surface area (Å²) in [6, 6.07) is 7.01. The summed E-state index contributed by atoms with van der Waals surface area (Å²) in [6.45, 7) is 3.01. The summed E-state index contributed by atoms with van der Waals surface area (Å²) in [7, 11) is -13.6. The van der Waals surface area contributed by atoms with Crippen LogP contribution in [0.25, 0.3) is 22.0 Å². The third-order valence-corrected chi connectivity index (χ3v) is 18.6. The van der Waals surface area contributed by atoms with Crippen LogP contribution in [0.1, 0.15) is 103 Å². The van der Waals surface area contributed by atoms with E-state index in [-0.39, 0.29) is 42.5 Å². The molecule has 0 bridgehead atoms. The fourth-order valence-electron chi connectivity index (χ4n) is 10.8. The molecule has 0 saturated heterocycles. The molecule has 2 aliphatic carbocycles. The normalized spacial score (nSPS) is 16.7. The van der Waals surface area contributed by atoms with Gasteiger partial charge in [0.1, 0.15) is 53.2 Å². The predicted molar refractivity (Wildman–Crippen MR) is 305 cm³/mol. The highest BCUT2D eigenvalue weighted by atomic mass is 35.5. The number of benzene rings is 3. The molecule has 1 unspecified atom stereocenters. The molecule has 90 heavy (non-hydrogen) atoms. The van der Waals surface area contributed by atoms with Gasteiger partial charge in [-0.1, -0.05) is 43.5 Å². The number of sulfone groups is 1. The molecule has 0 aliphatic heterocycles. The second-order valence-corrected chi connectivity index (χ2v) is 29.6. The highest BCUT2D eigenvalue weighted by Gasteiger charge is 2.68. The van der Waals surface area contributed by atoms with Crippen molar-refractivity contribution in [2.75, 3.05) is 30.0 Å². The first-order valence-electron chi connectivity index (χ1n) is 26.6. The van der Waals surface area contributed by atoms with Gasteiger partial charge in [-0.15, -0.1) is 0 Å². The molecular formula is C56H54ClF10N8O12PS2. The molecule has 1 saturated carbocycles. The van der Waals surface area contributed by atoms with E-state index < -0.39 is 209 Å². The van der Waals surface area contributed by atoms with E-state index in [1.807, 2.05) is 0 Å². The Hall–Kier alpha value is -7.59. The summed E-state index contributed by atoms with van der Waals surface area (Å²) in [6.07, 6.45) is -12.0. The third-order valence-electron chi connectivity index (χ3n) is 14.7. The quantitative estimate of drug-likeness (QED) is 0.0315. The Balaban J connectivity index is 1.35. The van der Waals surface area contributed by atoms with Gasteiger partial charge in [-0.05, 0) is 98.5 Å². The van der Waals surface area contributed by atoms with E-state index in [0.29, 0.717) is 17.9 Å². The number of nitrogens with one attached hydrogen (secondary N) is 2. The highest BCUT2D eigenvalue weighted by molar-refractivity contribution is 7.93. The predicted octanol–water partition coefficient (Wildman–Crippen LogP) is 9.20. The topological polar surface area (TPSA) is 279 Å². The van der Waals surface area contributed by atoms with Gasteiger partial charge in [-0.3, -0.25) is 28.5 Å². The third kappa shape index (κ3) is 14.8. The summed E-state index contributed by atoms with van der Waals surface area (Å²) in [5.74, 6) is -10.7. The molecule has 8 rings (SSSR count). The summed E-state index contributed by atoms with van der Waals surface area (Å²) in [5, 5.41) is 19.9. The van der Waals surface area contributed by atoms with Gasteiger partial charge in [0, 0.05) is 59.0 Å². The number of carboxylic acids is 1. The van der Waals surface area contributed by atoms with Crippen LogP contribution in [0.15, 0.2) is 54.6 Å². The smallest absolute Gasteiger partial charge is 0.435 e. The van der Waals surface area contributed by atoms with Crippen molar-refractivity contribution in [1.29, 1.82) is 0 Å². The Morgan fingerprint density at radius 1 is 0.922 bits per heavy atom. The zero-order valence-corrected chi connectivity index (χ0v) is 51.7. The Labute approximate surface area is 511 Å². The number of hydrogen-bond acceptors (Lipinski definition) is 13. The van der Waals surface area contributed by atoms with Crippen LogP contribution < -0.4 is 19.5 Å². The molecule has 3 aromatic heterocycles. The Morgan fingerprint density at radius 3 is 2.13 bits per heavy atom. The van der Waals surface area contributed by atoms with Crippen LogP contribution in [0.2, 0.25) is 5.02 Å². The summed E-state index contributed by atoms with van der Waals surface area (Å²) < 4.78 is 220. The van der Waals surface area contributed by atoms with Gasteiger partial charge in [-0.25, -0.2) is 35.2 Å². The molecule has 484 valence electrons. The molecule has 4 atom stereocenters. The van der Waals surface area contributed by atoms with Crippen LogP contribution in [0.3, 0.4) is 0 Å². The van der Waals surface area contributed by atoms with Crippen LogP contribution in [0, 0.1) is 36.3 Å². The number of carbonyl (C=O) groups excluding carboxylic acids is 3. The van der Waals surface area contributed by atoms with Crippen molar-refractivity contribution in [3.63, 3.8) is 0 Å². The molecule has 1 fully saturated rings. The van der Waals surface area contributed by atoms with Crippen LogP contribution in [-0.4, -0.2) is 112 Å². The lowest BCUT2D eigenvalue weighted by molar-refractivity contribution is -0.143. The Morgan fingerprint density at radius 2 is 1.56 bits per heavy atom. The number of hydrogen-bond donors (Lipinski definition) is 4. The molecule has 2 aliphatic rings. The number of carboxylic acid groups (broad SMARTS) is 1. The molecule has 34 heteroatoms. The maximum Gasteiger partial charge on any atom is 0.435 e. The number of rotatable bonds is 20. The van der Waals surface area contributed by atoms with Gasteiger partial charge in [0.2, 0.25) is 27.7 Å². The van der Waals surface area contributed by atoms with Gasteiger partial charge < -0.3 is 25.2 Å². The number of pyridine rings is 1. The molecular weight excluding hydrogens is 1300 g/mol. The molecule has 0 spiro atoms. The van der Waals surface area contributed by atoms with Crippen molar-refractivity contribution in [2.24, 2.45) is 5.92 Å². The highest BCUT2D eigenvalue weighted by Crippen LogP contribution is 2.68. The standard InChI is InChI=1S/C56H54ClF10N8O12PS2/c1-27-15-29(20-40(76)68-24-43(79)80)46(39(16-27)87-88(6,81)82)52(2,3)23-42(78)75(90(8,85)86)51-45-37(57)12-11-34(48(45)74(72-51)26-54(60,61)62)33-10-9-32(13-14-53(4,5)89(7,83)84)69-47(33)38(19-28-17-30(58)21-31(59)18-28)70-41(77)25-73-50-44(49(71-73)56(65,66)67)35-22-36(35)55(50,63)64/h9-12,15-18,21,35-36,38H,19-20,22-26H2,1-8H3,(H,68,76)(H,70,77)(H,79,80)(H,81,82)/t35-,36+,38-/m0/s1. The van der Waals surface area contributed by atoms with Gasteiger partial charge in [0.25, 0.3) is 5.92 Å². The SMILES string of the molecule is Cc1cc(CC(=O)NCC(=O)O)c(C(C)(C)CC(=O)N(c2nn(CC(F)(F)F)c3c(-c4ccc(C#CC(C)(C)S(C)(=O)=O)nc4[C@H](Cc4cc(F)cc(F)c4)NC(=O)Cn4nc(C(F)(F)F)c5c4C(F)(F)[C@@H]4C[C@H]54)ccc(Cl)c23)S(C)(=O)=O)c(OP(C)(=O)O)c1. The van der Waals surface area contributed by atoms with E-state index in [4.69, 9.17) is 16.1 Å². The lowest BCUT2D eigenvalue weighted by Crippen LogP contribution is -2.40. The number of aliphatic carboxylic acids is 1.